The molecule has 3 heterocycles. The van der Waals surface area contributed by atoms with Crippen molar-refractivity contribution in [1.82, 2.24) is 25.1 Å². The third-order valence-corrected chi connectivity index (χ3v) is 3.72. The van der Waals surface area contributed by atoms with Crippen molar-refractivity contribution in [1.29, 1.82) is 0 Å². The number of carbonyl (C=O) groups is 1. The zero-order chi connectivity index (χ0) is 17.2. The van der Waals surface area contributed by atoms with Gasteiger partial charge in [0, 0.05) is 18.5 Å². The summed E-state index contributed by atoms with van der Waals surface area (Å²) in [4.78, 5) is 24.6. The minimum Gasteiger partial charge on any atom is -0.497 e. The van der Waals surface area contributed by atoms with Crippen molar-refractivity contribution < 1.29 is 9.53 Å². The molecule has 0 aliphatic carbocycles. The van der Waals surface area contributed by atoms with Gasteiger partial charge in [-0.3, -0.25) is 14.9 Å². The molecule has 0 aliphatic heterocycles. The van der Waals surface area contributed by atoms with Gasteiger partial charge in [0.15, 0.2) is 5.82 Å². The third-order valence-electron chi connectivity index (χ3n) is 3.72. The molecule has 1 aromatic carbocycles. The Morgan fingerprint density at radius 3 is 3.00 bits per heavy atom. The lowest BCUT2D eigenvalue weighted by atomic mass is 10.1. The summed E-state index contributed by atoms with van der Waals surface area (Å²) >= 11 is 0. The molecule has 4 rings (SSSR count). The smallest absolute Gasteiger partial charge is 0.258 e. The second-order valence-corrected chi connectivity index (χ2v) is 5.31. The molecule has 0 saturated carbocycles. The fraction of sp³-hybridized carbons (Fsp3) is 0.0588. The SMILES string of the molecule is COc1ccnc(-c2nc3c(C(=O)Nc4cn[nH]c4)cccc3[nH]2)c1. The molecule has 0 bridgehead atoms. The summed E-state index contributed by atoms with van der Waals surface area (Å²) in [5, 5.41) is 9.24. The van der Waals surface area contributed by atoms with Crippen LogP contribution in [0.2, 0.25) is 0 Å². The predicted molar refractivity (Wildman–Crippen MR) is 92.4 cm³/mol. The van der Waals surface area contributed by atoms with Crippen LogP contribution >= 0.6 is 0 Å². The van der Waals surface area contributed by atoms with Crippen molar-refractivity contribution in [3.8, 4) is 17.3 Å². The van der Waals surface area contributed by atoms with Gasteiger partial charge in [0.05, 0.1) is 30.1 Å². The number of H-pyrrole nitrogens is 2. The van der Waals surface area contributed by atoms with E-state index in [0.717, 1.165) is 5.52 Å². The van der Waals surface area contributed by atoms with E-state index in [1.165, 1.54) is 6.20 Å². The summed E-state index contributed by atoms with van der Waals surface area (Å²) < 4.78 is 5.22. The van der Waals surface area contributed by atoms with E-state index in [1.807, 2.05) is 6.07 Å². The third kappa shape index (κ3) is 2.80. The summed E-state index contributed by atoms with van der Waals surface area (Å²) in [6.07, 6.45) is 4.79. The number of amides is 1. The van der Waals surface area contributed by atoms with Crippen LogP contribution in [0.4, 0.5) is 5.69 Å². The Kier molecular flexibility index (Phi) is 3.62. The summed E-state index contributed by atoms with van der Waals surface area (Å²) in [6, 6.07) is 8.93. The molecule has 0 saturated heterocycles. The molecular formula is C17H14N6O2. The van der Waals surface area contributed by atoms with Crippen LogP contribution in [0.3, 0.4) is 0 Å². The van der Waals surface area contributed by atoms with Gasteiger partial charge in [-0.15, -0.1) is 0 Å². The van der Waals surface area contributed by atoms with Crippen LogP contribution in [0, 0.1) is 0 Å². The molecule has 0 spiro atoms. The molecular weight excluding hydrogens is 320 g/mol. The number of ether oxygens (including phenoxy) is 1. The molecule has 1 amide bonds. The predicted octanol–water partition coefficient (Wildman–Crippen LogP) is 2.61. The Morgan fingerprint density at radius 2 is 2.20 bits per heavy atom. The zero-order valence-corrected chi connectivity index (χ0v) is 13.3. The second-order valence-electron chi connectivity index (χ2n) is 5.31. The lowest BCUT2D eigenvalue weighted by Crippen LogP contribution is -2.11. The number of anilines is 1. The van der Waals surface area contributed by atoms with Gasteiger partial charge in [0.25, 0.3) is 5.91 Å². The first-order chi connectivity index (χ1) is 12.2. The molecule has 8 heteroatoms. The highest BCUT2D eigenvalue weighted by molar-refractivity contribution is 6.11. The number of nitrogens with one attached hydrogen (secondary N) is 3. The van der Waals surface area contributed by atoms with Crippen LogP contribution in [0.1, 0.15) is 10.4 Å². The van der Waals surface area contributed by atoms with Gasteiger partial charge in [-0.05, 0) is 18.2 Å². The van der Waals surface area contributed by atoms with Crippen molar-refractivity contribution in [2.24, 2.45) is 0 Å². The Hall–Kier alpha value is -3.68. The van der Waals surface area contributed by atoms with Crippen molar-refractivity contribution >= 4 is 22.6 Å². The highest BCUT2D eigenvalue weighted by atomic mass is 16.5. The number of para-hydroxylation sites is 1. The van der Waals surface area contributed by atoms with E-state index in [2.05, 4.69) is 30.5 Å². The van der Waals surface area contributed by atoms with Crippen LogP contribution in [0.5, 0.6) is 5.75 Å². The number of benzene rings is 1. The van der Waals surface area contributed by atoms with Crippen LogP contribution in [0.15, 0.2) is 48.9 Å². The number of methoxy groups -OCH3 is 1. The van der Waals surface area contributed by atoms with E-state index in [9.17, 15) is 4.79 Å². The monoisotopic (exact) mass is 334 g/mol. The minimum absolute atomic E-state index is 0.261. The fourth-order valence-corrected chi connectivity index (χ4v) is 2.52. The van der Waals surface area contributed by atoms with E-state index in [-0.39, 0.29) is 5.91 Å². The van der Waals surface area contributed by atoms with E-state index in [1.54, 1.807) is 43.8 Å². The van der Waals surface area contributed by atoms with E-state index < -0.39 is 0 Å². The Bertz CT molecular complexity index is 1040. The van der Waals surface area contributed by atoms with Gasteiger partial charge in [-0.25, -0.2) is 4.98 Å². The van der Waals surface area contributed by atoms with Gasteiger partial charge < -0.3 is 15.0 Å². The van der Waals surface area contributed by atoms with Gasteiger partial charge in [-0.1, -0.05) is 6.07 Å². The quantitative estimate of drug-likeness (QED) is 0.531. The fourth-order valence-electron chi connectivity index (χ4n) is 2.52. The number of pyridine rings is 1. The van der Waals surface area contributed by atoms with E-state index >= 15 is 0 Å². The highest BCUT2D eigenvalue weighted by Gasteiger charge is 2.15. The summed E-state index contributed by atoms with van der Waals surface area (Å²) in [6.45, 7) is 0. The van der Waals surface area contributed by atoms with Gasteiger partial charge in [-0.2, -0.15) is 5.10 Å². The number of hydrogen-bond acceptors (Lipinski definition) is 5. The topological polar surface area (TPSA) is 109 Å². The van der Waals surface area contributed by atoms with Gasteiger partial charge in [0.1, 0.15) is 17.0 Å². The maximum absolute atomic E-state index is 12.5. The van der Waals surface area contributed by atoms with Gasteiger partial charge >= 0.3 is 0 Å². The molecule has 4 aromatic rings. The number of aromatic nitrogens is 5. The Labute approximate surface area is 142 Å². The number of rotatable bonds is 4. The standard InChI is InChI=1S/C17H14N6O2/c1-25-11-5-6-18-14(7-11)16-22-13-4-2-3-12(15(13)23-16)17(24)21-10-8-19-20-9-10/h2-9H,1H3,(H,19,20)(H,21,24)(H,22,23). The van der Waals surface area contributed by atoms with Crippen LogP contribution in [0.25, 0.3) is 22.6 Å². The van der Waals surface area contributed by atoms with Crippen molar-refractivity contribution in [2.75, 3.05) is 12.4 Å². The van der Waals surface area contributed by atoms with Crippen molar-refractivity contribution in [3.05, 3.63) is 54.5 Å². The van der Waals surface area contributed by atoms with Crippen LogP contribution in [-0.2, 0) is 0 Å². The minimum atomic E-state index is -0.261. The maximum atomic E-state index is 12.5. The number of imidazole rings is 1. The van der Waals surface area contributed by atoms with Crippen molar-refractivity contribution in [2.45, 2.75) is 0 Å². The van der Waals surface area contributed by atoms with Crippen LogP contribution in [-0.4, -0.2) is 38.2 Å². The lowest BCUT2D eigenvalue weighted by molar-refractivity contribution is 0.102. The van der Waals surface area contributed by atoms with Crippen LogP contribution < -0.4 is 10.1 Å². The first-order valence-corrected chi connectivity index (χ1v) is 7.54. The van der Waals surface area contributed by atoms with E-state index in [0.29, 0.717) is 34.0 Å². The lowest BCUT2D eigenvalue weighted by Gasteiger charge is -2.02. The van der Waals surface area contributed by atoms with Gasteiger partial charge in [0.2, 0.25) is 0 Å². The molecule has 0 atom stereocenters. The number of aromatic amines is 2. The summed E-state index contributed by atoms with van der Waals surface area (Å²) in [5.74, 6) is 0.990. The Morgan fingerprint density at radius 1 is 1.28 bits per heavy atom. The number of hydrogen-bond donors (Lipinski definition) is 3. The molecule has 0 unspecified atom stereocenters. The number of nitrogens with zero attached hydrogens (tertiary/aromatic N) is 3. The molecule has 0 aliphatic rings. The number of fused-ring (bicyclic) bond motifs is 1. The average Bonchev–Trinajstić information content (AvgIpc) is 3.30. The molecule has 3 aromatic heterocycles. The number of carbonyl (C=O) groups excluding carboxylic acids is 1. The first-order valence-electron chi connectivity index (χ1n) is 7.54. The summed E-state index contributed by atoms with van der Waals surface area (Å²) in [5.41, 5.74) is 3.01. The molecule has 124 valence electrons. The molecule has 0 radical (unpaired) electrons. The largest absolute Gasteiger partial charge is 0.497 e. The first kappa shape index (κ1) is 14.9. The maximum Gasteiger partial charge on any atom is 0.258 e. The molecule has 3 N–H and O–H groups in total. The van der Waals surface area contributed by atoms with E-state index in [4.69, 9.17) is 4.74 Å². The highest BCUT2D eigenvalue weighted by Crippen LogP contribution is 2.24. The molecule has 0 fully saturated rings. The zero-order valence-electron chi connectivity index (χ0n) is 13.3. The normalized spacial score (nSPS) is 10.8. The van der Waals surface area contributed by atoms with Crippen molar-refractivity contribution in [3.63, 3.8) is 0 Å². The Balaban J connectivity index is 1.74. The second kappa shape index (κ2) is 6.08. The average molecular weight is 334 g/mol. The molecule has 8 nitrogen and oxygen atoms in total. The molecule has 25 heavy (non-hydrogen) atoms. The summed E-state index contributed by atoms with van der Waals surface area (Å²) in [7, 11) is 1.59.